The number of aromatic nitrogens is 5. The molecule has 1 amide bonds. The van der Waals surface area contributed by atoms with Crippen LogP contribution >= 0.6 is 0 Å². The SMILES string of the molecule is Cc1cccc(Nc2nccnc2[C@@H]2CCCN2C(=O)c2cn(C)cn2)n1. The Morgan fingerprint density at radius 3 is 2.85 bits per heavy atom. The zero-order valence-electron chi connectivity index (χ0n) is 15.3. The molecule has 1 aliphatic heterocycles. The standard InChI is InChI=1S/C19H21N7O/c1-13-5-3-7-16(23-13)24-18-17(20-8-9-21-18)15-6-4-10-26(15)19(27)14-11-25(2)12-22-14/h3,5,7-9,11-12,15H,4,6,10H2,1-2H3,(H,21,23,24)/t15-/m0/s1. The van der Waals surface area contributed by atoms with Crippen LogP contribution in [0.5, 0.6) is 0 Å². The Hall–Kier alpha value is -3.29. The average Bonchev–Trinajstić information content (AvgIpc) is 3.31. The van der Waals surface area contributed by atoms with Gasteiger partial charge in [-0.3, -0.25) is 9.78 Å². The van der Waals surface area contributed by atoms with Crippen molar-refractivity contribution in [3.63, 3.8) is 0 Å². The fraction of sp³-hybridized carbons (Fsp3) is 0.316. The lowest BCUT2D eigenvalue weighted by Crippen LogP contribution is -2.31. The first-order valence-electron chi connectivity index (χ1n) is 8.92. The minimum Gasteiger partial charge on any atom is -0.340 e. The monoisotopic (exact) mass is 363 g/mol. The van der Waals surface area contributed by atoms with E-state index in [1.807, 2.05) is 37.1 Å². The van der Waals surface area contributed by atoms with Crippen molar-refractivity contribution < 1.29 is 4.79 Å². The number of nitrogens with one attached hydrogen (secondary N) is 1. The van der Waals surface area contributed by atoms with E-state index in [1.165, 1.54) is 0 Å². The van der Waals surface area contributed by atoms with Crippen molar-refractivity contribution in [2.75, 3.05) is 11.9 Å². The number of carbonyl (C=O) groups is 1. The molecule has 0 spiro atoms. The van der Waals surface area contributed by atoms with Crippen molar-refractivity contribution in [2.45, 2.75) is 25.8 Å². The first kappa shape index (κ1) is 17.1. The molecule has 4 rings (SSSR count). The highest BCUT2D eigenvalue weighted by Crippen LogP contribution is 2.35. The molecule has 27 heavy (non-hydrogen) atoms. The second kappa shape index (κ2) is 7.14. The van der Waals surface area contributed by atoms with Crippen LogP contribution in [0, 0.1) is 6.92 Å². The van der Waals surface area contributed by atoms with E-state index in [0.717, 1.165) is 24.2 Å². The van der Waals surface area contributed by atoms with Gasteiger partial charge in [0.15, 0.2) is 5.82 Å². The molecule has 4 heterocycles. The number of pyridine rings is 1. The van der Waals surface area contributed by atoms with Gasteiger partial charge in [-0.1, -0.05) is 6.07 Å². The van der Waals surface area contributed by atoms with Crippen molar-refractivity contribution in [3.8, 4) is 0 Å². The van der Waals surface area contributed by atoms with Crippen LogP contribution in [0.4, 0.5) is 11.6 Å². The number of amides is 1. The van der Waals surface area contributed by atoms with Gasteiger partial charge >= 0.3 is 0 Å². The fourth-order valence-corrected chi connectivity index (χ4v) is 3.39. The summed E-state index contributed by atoms with van der Waals surface area (Å²) in [5.74, 6) is 1.25. The van der Waals surface area contributed by atoms with E-state index >= 15 is 0 Å². The average molecular weight is 363 g/mol. The van der Waals surface area contributed by atoms with Crippen LogP contribution < -0.4 is 5.32 Å². The lowest BCUT2D eigenvalue weighted by molar-refractivity contribution is 0.0727. The maximum atomic E-state index is 12.9. The molecule has 1 atom stereocenters. The highest BCUT2D eigenvalue weighted by Gasteiger charge is 2.34. The number of rotatable bonds is 4. The molecular weight excluding hydrogens is 342 g/mol. The zero-order valence-corrected chi connectivity index (χ0v) is 15.3. The minimum atomic E-state index is -0.138. The van der Waals surface area contributed by atoms with Crippen LogP contribution in [0.1, 0.15) is 40.8 Å². The third-order valence-corrected chi connectivity index (χ3v) is 4.61. The quantitative estimate of drug-likeness (QED) is 0.766. The maximum absolute atomic E-state index is 12.9. The van der Waals surface area contributed by atoms with Gasteiger partial charge in [-0.2, -0.15) is 0 Å². The second-order valence-corrected chi connectivity index (χ2v) is 6.66. The lowest BCUT2D eigenvalue weighted by atomic mass is 10.1. The first-order chi connectivity index (χ1) is 13.1. The topological polar surface area (TPSA) is 88.8 Å². The molecule has 1 saturated heterocycles. The summed E-state index contributed by atoms with van der Waals surface area (Å²) in [6.07, 6.45) is 8.43. The number of hydrogen-bond donors (Lipinski definition) is 1. The Morgan fingerprint density at radius 2 is 2.07 bits per heavy atom. The lowest BCUT2D eigenvalue weighted by Gasteiger charge is -2.24. The molecule has 1 fully saturated rings. The van der Waals surface area contributed by atoms with Crippen LogP contribution in [-0.2, 0) is 7.05 Å². The zero-order chi connectivity index (χ0) is 18.8. The van der Waals surface area contributed by atoms with E-state index < -0.39 is 0 Å². The third kappa shape index (κ3) is 3.51. The summed E-state index contributed by atoms with van der Waals surface area (Å²) in [6.45, 7) is 2.62. The van der Waals surface area contributed by atoms with Crippen LogP contribution in [0.2, 0.25) is 0 Å². The van der Waals surface area contributed by atoms with Gasteiger partial charge in [0.25, 0.3) is 5.91 Å². The largest absolute Gasteiger partial charge is 0.340 e. The number of likely N-dealkylation sites (tertiary alicyclic amines) is 1. The van der Waals surface area contributed by atoms with Crippen molar-refractivity contribution in [3.05, 3.63) is 60.2 Å². The Kier molecular flexibility index (Phi) is 4.53. The Labute approximate surface area is 157 Å². The van der Waals surface area contributed by atoms with E-state index in [4.69, 9.17) is 0 Å². The van der Waals surface area contributed by atoms with Gasteiger partial charge in [0.1, 0.15) is 17.2 Å². The van der Waals surface area contributed by atoms with Crippen LogP contribution in [0.15, 0.2) is 43.1 Å². The van der Waals surface area contributed by atoms with Crippen LogP contribution in [0.3, 0.4) is 0 Å². The summed E-state index contributed by atoms with van der Waals surface area (Å²) in [6, 6.07) is 5.62. The Bertz CT molecular complexity index is 968. The van der Waals surface area contributed by atoms with Gasteiger partial charge < -0.3 is 14.8 Å². The van der Waals surface area contributed by atoms with Crippen LogP contribution in [-0.4, -0.2) is 41.9 Å². The second-order valence-electron chi connectivity index (χ2n) is 6.66. The van der Waals surface area contributed by atoms with Gasteiger partial charge in [-0.15, -0.1) is 0 Å². The van der Waals surface area contributed by atoms with Crippen molar-refractivity contribution in [2.24, 2.45) is 7.05 Å². The normalized spacial score (nSPS) is 16.5. The first-order valence-corrected chi connectivity index (χ1v) is 8.92. The molecule has 3 aromatic heterocycles. The molecule has 138 valence electrons. The van der Waals surface area contributed by atoms with Gasteiger partial charge in [0.05, 0.1) is 12.4 Å². The number of carbonyl (C=O) groups excluding carboxylic acids is 1. The highest BCUT2D eigenvalue weighted by molar-refractivity contribution is 5.92. The summed E-state index contributed by atoms with van der Waals surface area (Å²) in [5.41, 5.74) is 2.11. The molecule has 0 bridgehead atoms. The van der Waals surface area contributed by atoms with Gasteiger partial charge in [0.2, 0.25) is 0 Å². The summed E-state index contributed by atoms with van der Waals surface area (Å²) < 4.78 is 1.77. The molecular formula is C19H21N7O. The van der Waals surface area contributed by atoms with Crippen molar-refractivity contribution >= 4 is 17.5 Å². The number of nitrogens with zero attached hydrogens (tertiary/aromatic N) is 6. The maximum Gasteiger partial charge on any atom is 0.274 e. The van der Waals surface area contributed by atoms with Gasteiger partial charge in [0, 0.05) is 37.9 Å². The molecule has 8 heteroatoms. The summed E-state index contributed by atoms with van der Waals surface area (Å²) in [7, 11) is 1.85. The Morgan fingerprint density at radius 1 is 1.22 bits per heavy atom. The van der Waals surface area contributed by atoms with E-state index in [-0.39, 0.29) is 11.9 Å². The molecule has 1 aliphatic rings. The van der Waals surface area contributed by atoms with Crippen LogP contribution in [0.25, 0.3) is 0 Å². The van der Waals surface area contributed by atoms with E-state index in [2.05, 4.69) is 25.3 Å². The van der Waals surface area contributed by atoms with E-state index in [9.17, 15) is 4.79 Å². The van der Waals surface area contributed by atoms with Crippen molar-refractivity contribution in [1.29, 1.82) is 0 Å². The molecule has 0 radical (unpaired) electrons. The number of hydrogen-bond acceptors (Lipinski definition) is 6. The highest BCUT2D eigenvalue weighted by atomic mass is 16.2. The smallest absolute Gasteiger partial charge is 0.274 e. The molecule has 3 aromatic rings. The van der Waals surface area contributed by atoms with Gasteiger partial charge in [-0.25, -0.2) is 15.0 Å². The van der Waals surface area contributed by atoms with E-state index in [1.54, 1.807) is 29.5 Å². The molecule has 0 saturated carbocycles. The number of anilines is 2. The molecule has 0 aliphatic carbocycles. The summed E-state index contributed by atoms with van der Waals surface area (Å²) in [4.78, 5) is 32.4. The van der Waals surface area contributed by atoms with Gasteiger partial charge in [-0.05, 0) is 31.9 Å². The predicted octanol–water partition coefficient (Wildman–Crippen LogP) is 2.63. The third-order valence-electron chi connectivity index (χ3n) is 4.61. The summed E-state index contributed by atoms with van der Waals surface area (Å²) in [5, 5.41) is 3.25. The fourth-order valence-electron chi connectivity index (χ4n) is 3.39. The number of imidazole rings is 1. The number of aryl methyl sites for hydroxylation is 2. The van der Waals surface area contributed by atoms with Crippen molar-refractivity contribution in [1.82, 2.24) is 29.4 Å². The molecule has 0 unspecified atom stereocenters. The van der Waals surface area contributed by atoms with E-state index in [0.29, 0.717) is 23.9 Å². The Balaban J connectivity index is 1.63. The predicted molar refractivity (Wildman–Crippen MR) is 101 cm³/mol. The molecule has 8 nitrogen and oxygen atoms in total. The summed E-state index contributed by atoms with van der Waals surface area (Å²) >= 11 is 0. The minimum absolute atomic E-state index is 0.0802. The molecule has 0 aromatic carbocycles. The molecule has 1 N–H and O–H groups in total.